The van der Waals surface area contributed by atoms with Gasteiger partial charge in [-0.2, -0.15) is 0 Å². The molecule has 2 rings (SSSR count). The first-order chi connectivity index (χ1) is 12.3. The van der Waals surface area contributed by atoms with E-state index >= 15 is 0 Å². The molecule has 7 heteroatoms. The smallest absolute Gasteiger partial charge is 0.308 e. The van der Waals surface area contributed by atoms with E-state index < -0.39 is 10.0 Å². The molecule has 1 saturated carbocycles. The molecule has 26 heavy (non-hydrogen) atoms. The summed E-state index contributed by atoms with van der Waals surface area (Å²) in [5.41, 5.74) is 1.05. The van der Waals surface area contributed by atoms with E-state index in [4.69, 9.17) is 4.74 Å². The summed E-state index contributed by atoms with van der Waals surface area (Å²) in [7, 11) is -0.341. The fourth-order valence-corrected chi connectivity index (χ4v) is 4.25. The maximum Gasteiger partial charge on any atom is 0.308 e. The van der Waals surface area contributed by atoms with Gasteiger partial charge in [-0.25, -0.2) is 12.7 Å². The molecule has 1 aliphatic carbocycles. The number of ether oxygens (including phenoxy) is 1. The molecule has 0 aliphatic heterocycles. The van der Waals surface area contributed by atoms with Crippen LogP contribution in [0.3, 0.4) is 0 Å². The van der Waals surface area contributed by atoms with E-state index in [0.29, 0.717) is 17.5 Å². The van der Waals surface area contributed by atoms with Crippen LogP contribution in [-0.2, 0) is 19.6 Å². The third kappa shape index (κ3) is 5.05. The van der Waals surface area contributed by atoms with Crippen LogP contribution in [0.5, 0.6) is 0 Å². The first-order valence-electron chi connectivity index (χ1n) is 9.20. The Morgan fingerprint density at radius 3 is 2.27 bits per heavy atom. The number of hydrogen-bond acceptors (Lipinski definition) is 5. The van der Waals surface area contributed by atoms with Crippen LogP contribution in [0.25, 0.3) is 0 Å². The largest absolute Gasteiger partial charge is 0.466 e. The molecule has 1 unspecified atom stereocenters. The summed E-state index contributed by atoms with van der Waals surface area (Å²) >= 11 is 0. The predicted molar refractivity (Wildman–Crippen MR) is 101 cm³/mol. The van der Waals surface area contributed by atoms with Gasteiger partial charge in [0.15, 0.2) is 0 Å². The summed E-state index contributed by atoms with van der Waals surface area (Å²) in [6.45, 7) is 4.35. The Balaban J connectivity index is 1.91. The molecule has 0 bridgehead atoms. The average molecular weight is 383 g/mol. The van der Waals surface area contributed by atoms with Gasteiger partial charge in [0.1, 0.15) is 0 Å². The first-order valence-corrected chi connectivity index (χ1v) is 10.6. The number of esters is 1. The molecule has 1 aromatic rings. The molecule has 0 radical (unpaired) electrons. The van der Waals surface area contributed by atoms with Gasteiger partial charge in [0.05, 0.1) is 17.4 Å². The fourth-order valence-electron chi connectivity index (χ4n) is 3.34. The molecule has 1 aliphatic rings. The van der Waals surface area contributed by atoms with Gasteiger partial charge >= 0.3 is 5.97 Å². The van der Waals surface area contributed by atoms with Crippen molar-refractivity contribution >= 4 is 16.0 Å². The van der Waals surface area contributed by atoms with Crippen LogP contribution < -0.4 is 5.32 Å². The zero-order valence-electron chi connectivity index (χ0n) is 16.1. The molecular weight excluding hydrogens is 352 g/mol. The van der Waals surface area contributed by atoms with Gasteiger partial charge in [-0.3, -0.25) is 4.79 Å². The molecule has 1 atom stereocenters. The van der Waals surface area contributed by atoms with Crippen molar-refractivity contribution in [3.63, 3.8) is 0 Å². The van der Waals surface area contributed by atoms with E-state index in [-0.39, 0.29) is 17.9 Å². The number of sulfonamides is 1. The van der Waals surface area contributed by atoms with Gasteiger partial charge in [-0.15, -0.1) is 0 Å². The van der Waals surface area contributed by atoms with Gasteiger partial charge in [0.2, 0.25) is 10.0 Å². The number of nitrogens with one attached hydrogen (secondary N) is 1. The number of nitrogens with zero attached hydrogens (tertiary/aromatic N) is 1. The maximum atomic E-state index is 12.1. The molecule has 0 heterocycles. The van der Waals surface area contributed by atoms with E-state index in [1.807, 2.05) is 19.1 Å². The topological polar surface area (TPSA) is 75.7 Å². The van der Waals surface area contributed by atoms with Crippen LogP contribution in [0.15, 0.2) is 29.2 Å². The molecule has 1 N–H and O–H groups in total. The first kappa shape index (κ1) is 20.9. The molecule has 1 fully saturated rings. The molecule has 146 valence electrons. The minimum Gasteiger partial charge on any atom is -0.466 e. The highest BCUT2D eigenvalue weighted by atomic mass is 32.2. The minimum atomic E-state index is -3.40. The average Bonchev–Trinajstić information content (AvgIpc) is 2.62. The van der Waals surface area contributed by atoms with Crippen LogP contribution >= 0.6 is 0 Å². The van der Waals surface area contributed by atoms with Gasteiger partial charge in [-0.05, 0) is 57.2 Å². The normalized spacial score (nSPS) is 22.2. The van der Waals surface area contributed by atoms with Crippen molar-refractivity contribution in [2.75, 3.05) is 20.7 Å². The summed E-state index contributed by atoms with van der Waals surface area (Å²) in [4.78, 5) is 12.1. The van der Waals surface area contributed by atoms with Crippen LogP contribution in [-0.4, -0.2) is 45.4 Å². The lowest BCUT2D eigenvalue weighted by Gasteiger charge is -2.30. The van der Waals surface area contributed by atoms with Crippen LogP contribution in [0, 0.1) is 5.92 Å². The Morgan fingerprint density at radius 2 is 1.77 bits per heavy atom. The summed E-state index contributed by atoms with van der Waals surface area (Å²) in [5.74, 6) is -0.0458. The van der Waals surface area contributed by atoms with Gasteiger partial charge < -0.3 is 10.1 Å². The second kappa shape index (κ2) is 8.97. The number of carbonyl (C=O) groups is 1. The predicted octanol–water partition coefficient (Wildman–Crippen LogP) is 2.71. The molecule has 0 saturated heterocycles. The quantitative estimate of drug-likeness (QED) is 0.734. The molecule has 0 amide bonds. The minimum absolute atomic E-state index is 0.0267. The van der Waals surface area contributed by atoms with Crippen molar-refractivity contribution < 1.29 is 17.9 Å². The zero-order valence-corrected chi connectivity index (χ0v) is 16.9. The van der Waals surface area contributed by atoms with Crippen LogP contribution in [0.4, 0.5) is 0 Å². The van der Waals surface area contributed by atoms with Crippen LogP contribution in [0.2, 0.25) is 0 Å². The summed E-state index contributed by atoms with van der Waals surface area (Å²) in [5, 5.41) is 3.60. The van der Waals surface area contributed by atoms with E-state index in [1.54, 1.807) is 12.1 Å². The maximum absolute atomic E-state index is 12.1. The Morgan fingerprint density at radius 1 is 1.19 bits per heavy atom. The molecule has 0 spiro atoms. The van der Waals surface area contributed by atoms with E-state index in [0.717, 1.165) is 31.2 Å². The SMILES string of the molecule is CCOC(=O)C1CCC(NC(C)c2ccc(S(=O)(=O)N(C)C)cc2)CC1. The van der Waals surface area contributed by atoms with E-state index in [9.17, 15) is 13.2 Å². The monoisotopic (exact) mass is 382 g/mol. The summed E-state index contributed by atoms with van der Waals surface area (Å²) in [6, 6.07) is 7.51. The third-order valence-corrected chi connectivity index (χ3v) is 6.82. The van der Waals surface area contributed by atoms with Gasteiger partial charge in [0, 0.05) is 26.2 Å². The second-order valence-electron chi connectivity index (χ2n) is 7.05. The fraction of sp³-hybridized carbons (Fsp3) is 0.632. The highest BCUT2D eigenvalue weighted by Crippen LogP contribution is 2.27. The highest BCUT2D eigenvalue weighted by molar-refractivity contribution is 7.89. The lowest BCUT2D eigenvalue weighted by molar-refractivity contribution is -0.149. The van der Waals surface area contributed by atoms with Crippen molar-refractivity contribution in [1.29, 1.82) is 0 Å². The number of carbonyl (C=O) groups excluding carboxylic acids is 1. The van der Waals surface area contributed by atoms with Crippen LogP contribution in [0.1, 0.15) is 51.1 Å². The van der Waals surface area contributed by atoms with E-state index in [2.05, 4.69) is 12.2 Å². The summed E-state index contributed by atoms with van der Waals surface area (Å²) in [6.07, 6.45) is 3.59. The molecule has 6 nitrogen and oxygen atoms in total. The lowest BCUT2D eigenvalue weighted by atomic mass is 9.85. The van der Waals surface area contributed by atoms with Crippen molar-refractivity contribution in [1.82, 2.24) is 9.62 Å². The highest BCUT2D eigenvalue weighted by Gasteiger charge is 2.28. The summed E-state index contributed by atoms with van der Waals surface area (Å²) < 4.78 is 30.6. The van der Waals surface area contributed by atoms with E-state index in [1.165, 1.54) is 18.4 Å². The van der Waals surface area contributed by atoms with Crippen molar-refractivity contribution in [2.24, 2.45) is 5.92 Å². The third-order valence-electron chi connectivity index (χ3n) is 4.99. The van der Waals surface area contributed by atoms with Gasteiger partial charge in [0.25, 0.3) is 0 Å². The number of rotatable bonds is 7. The van der Waals surface area contributed by atoms with Gasteiger partial charge in [-0.1, -0.05) is 12.1 Å². The lowest BCUT2D eigenvalue weighted by Crippen LogP contribution is -2.36. The number of hydrogen-bond donors (Lipinski definition) is 1. The van der Waals surface area contributed by atoms with Crippen molar-refractivity contribution in [2.45, 2.75) is 56.5 Å². The standard InChI is InChI=1S/C19H30N2O4S/c1-5-25-19(22)16-6-10-17(11-7-16)20-14(2)15-8-12-18(13-9-15)26(23,24)21(3)4/h8-9,12-14,16-17,20H,5-7,10-11H2,1-4H3. The van der Waals surface area contributed by atoms with Crippen molar-refractivity contribution in [3.05, 3.63) is 29.8 Å². The molecule has 1 aromatic carbocycles. The molecular formula is C19H30N2O4S. The zero-order chi connectivity index (χ0) is 19.3. The Bertz CT molecular complexity index is 693. The Hall–Kier alpha value is -1.44. The Labute approximate surface area is 157 Å². The molecule has 0 aromatic heterocycles. The Kier molecular flexibility index (Phi) is 7.20. The second-order valence-corrected chi connectivity index (χ2v) is 9.20. The van der Waals surface area contributed by atoms with Crippen molar-refractivity contribution in [3.8, 4) is 0 Å². The number of benzene rings is 1.